The van der Waals surface area contributed by atoms with Crippen molar-refractivity contribution >= 4 is 23.2 Å². The van der Waals surface area contributed by atoms with Gasteiger partial charge in [0.25, 0.3) is 5.91 Å². The summed E-state index contributed by atoms with van der Waals surface area (Å²) in [6.45, 7) is 0. The van der Waals surface area contributed by atoms with Gasteiger partial charge in [-0.2, -0.15) is 5.10 Å². The van der Waals surface area contributed by atoms with E-state index in [1.807, 2.05) is 31.6 Å². The standard InChI is InChI=1S/C25H29N7O2S/c1-26-23(33)7-5-3-4-6-20(31-25(34)22-14-27-16-35-22)24-28-13-21(30-24)18-10-8-17(9-11-18)19-12-29-32(2)15-19/h8-16,20H,3-7H2,1-2H3,(H,26,33)(H,28,30)(H,31,34). The number of aryl methyl sites for hydroxylation is 1. The largest absolute Gasteiger partial charge is 0.359 e. The van der Waals surface area contributed by atoms with Gasteiger partial charge in [0.1, 0.15) is 10.7 Å². The first-order valence-electron chi connectivity index (χ1n) is 11.6. The fourth-order valence-electron chi connectivity index (χ4n) is 3.84. The molecule has 9 nitrogen and oxygen atoms in total. The lowest BCUT2D eigenvalue weighted by atomic mass is 10.1. The van der Waals surface area contributed by atoms with Crippen molar-refractivity contribution < 1.29 is 9.59 Å². The number of amides is 2. The van der Waals surface area contributed by atoms with Crippen LogP contribution >= 0.6 is 11.3 Å². The molecule has 0 spiro atoms. The lowest BCUT2D eigenvalue weighted by Gasteiger charge is -2.16. The minimum Gasteiger partial charge on any atom is -0.359 e. The zero-order valence-corrected chi connectivity index (χ0v) is 20.6. The monoisotopic (exact) mass is 491 g/mol. The van der Waals surface area contributed by atoms with Gasteiger partial charge < -0.3 is 15.6 Å². The molecule has 4 aromatic rings. The molecule has 1 aromatic carbocycles. The van der Waals surface area contributed by atoms with Crippen LogP contribution in [0.2, 0.25) is 0 Å². The van der Waals surface area contributed by atoms with Crippen molar-refractivity contribution in [2.45, 2.75) is 38.1 Å². The predicted octanol–water partition coefficient (Wildman–Crippen LogP) is 4.10. The van der Waals surface area contributed by atoms with E-state index >= 15 is 0 Å². The zero-order chi connectivity index (χ0) is 24.6. The lowest BCUT2D eigenvalue weighted by Crippen LogP contribution is -2.28. The van der Waals surface area contributed by atoms with Crippen molar-refractivity contribution in [2.75, 3.05) is 7.05 Å². The number of hydrogen-bond donors (Lipinski definition) is 3. The summed E-state index contributed by atoms with van der Waals surface area (Å²) in [7, 11) is 3.55. The Labute approximate surface area is 208 Å². The summed E-state index contributed by atoms with van der Waals surface area (Å²) in [4.78, 5) is 36.7. The maximum Gasteiger partial charge on any atom is 0.263 e. The molecule has 0 aliphatic carbocycles. The Kier molecular flexibility index (Phi) is 8.04. The van der Waals surface area contributed by atoms with Gasteiger partial charge in [0.05, 0.1) is 35.8 Å². The van der Waals surface area contributed by atoms with Crippen LogP contribution in [-0.4, -0.2) is 43.6 Å². The van der Waals surface area contributed by atoms with Crippen molar-refractivity contribution in [2.24, 2.45) is 7.05 Å². The van der Waals surface area contributed by atoms with Crippen molar-refractivity contribution in [3.63, 3.8) is 0 Å². The maximum absolute atomic E-state index is 12.7. The van der Waals surface area contributed by atoms with E-state index in [1.165, 1.54) is 11.3 Å². The van der Waals surface area contributed by atoms with Crippen LogP contribution in [0.1, 0.15) is 53.6 Å². The Morgan fingerprint density at radius 3 is 2.54 bits per heavy atom. The minimum atomic E-state index is -0.270. The molecule has 3 N–H and O–H groups in total. The van der Waals surface area contributed by atoms with Crippen molar-refractivity contribution in [3.8, 4) is 22.4 Å². The van der Waals surface area contributed by atoms with E-state index in [1.54, 1.807) is 29.6 Å². The molecule has 10 heteroatoms. The van der Waals surface area contributed by atoms with E-state index in [0.717, 1.165) is 41.6 Å². The maximum atomic E-state index is 12.7. The highest BCUT2D eigenvalue weighted by molar-refractivity contribution is 7.11. The third-order valence-corrected chi connectivity index (χ3v) is 6.57. The van der Waals surface area contributed by atoms with Gasteiger partial charge in [-0.3, -0.25) is 19.3 Å². The highest BCUT2D eigenvalue weighted by Gasteiger charge is 2.20. The molecule has 2 amide bonds. The average Bonchev–Trinajstić information content (AvgIpc) is 3.65. The third kappa shape index (κ3) is 6.42. The number of H-pyrrole nitrogens is 1. The number of rotatable bonds is 11. The molecular formula is C25H29N7O2S. The van der Waals surface area contributed by atoms with E-state index < -0.39 is 0 Å². The summed E-state index contributed by atoms with van der Waals surface area (Å²) in [6, 6.07) is 7.94. The van der Waals surface area contributed by atoms with Gasteiger partial charge in [-0.1, -0.05) is 37.1 Å². The number of nitrogens with one attached hydrogen (secondary N) is 3. The average molecular weight is 492 g/mol. The summed E-state index contributed by atoms with van der Waals surface area (Å²) >= 11 is 1.30. The first kappa shape index (κ1) is 24.3. The van der Waals surface area contributed by atoms with Crippen LogP contribution in [0.15, 0.2) is 54.6 Å². The quantitative estimate of drug-likeness (QED) is 0.273. The smallest absolute Gasteiger partial charge is 0.263 e. The number of thiazole rings is 1. The second-order valence-electron chi connectivity index (χ2n) is 8.33. The van der Waals surface area contributed by atoms with Crippen LogP contribution in [0, 0.1) is 0 Å². The molecule has 0 aliphatic rings. The zero-order valence-electron chi connectivity index (χ0n) is 19.8. The Morgan fingerprint density at radius 2 is 1.86 bits per heavy atom. The molecule has 1 atom stereocenters. The molecule has 0 radical (unpaired) electrons. The van der Waals surface area contributed by atoms with Crippen LogP contribution in [0.3, 0.4) is 0 Å². The van der Waals surface area contributed by atoms with Gasteiger partial charge in [-0.05, 0) is 24.0 Å². The number of aromatic nitrogens is 5. The Hall–Kier alpha value is -3.79. The summed E-state index contributed by atoms with van der Waals surface area (Å²) in [6.07, 6.45) is 11.0. The highest BCUT2D eigenvalue weighted by Crippen LogP contribution is 2.26. The summed E-state index contributed by atoms with van der Waals surface area (Å²) < 4.78 is 1.78. The second kappa shape index (κ2) is 11.6. The second-order valence-corrected chi connectivity index (χ2v) is 9.21. The molecule has 182 valence electrons. The van der Waals surface area contributed by atoms with E-state index in [2.05, 4.69) is 42.8 Å². The SMILES string of the molecule is CNC(=O)CCCCCC(NC(=O)c1cncs1)c1ncc(-c2ccc(-c3cnn(C)c3)cc2)[nH]1. The van der Waals surface area contributed by atoms with E-state index in [0.29, 0.717) is 23.5 Å². The van der Waals surface area contributed by atoms with Gasteiger partial charge >= 0.3 is 0 Å². The van der Waals surface area contributed by atoms with Crippen LogP contribution < -0.4 is 10.6 Å². The minimum absolute atomic E-state index is 0.0465. The number of carbonyl (C=O) groups is 2. The van der Waals surface area contributed by atoms with Crippen molar-refractivity contribution in [3.05, 3.63) is 65.3 Å². The Bertz CT molecular complexity index is 1250. The van der Waals surface area contributed by atoms with Crippen molar-refractivity contribution in [1.29, 1.82) is 0 Å². The van der Waals surface area contributed by atoms with Crippen molar-refractivity contribution in [1.82, 2.24) is 35.4 Å². The molecule has 3 heterocycles. The summed E-state index contributed by atoms with van der Waals surface area (Å²) in [5.41, 5.74) is 5.69. The number of nitrogens with zero attached hydrogens (tertiary/aromatic N) is 4. The number of aromatic amines is 1. The van der Waals surface area contributed by atoms with Gasteiger partial charge in [0.2, 0.25) is 5.91 Å². The summed E-state index contributed by atoms with van der Waals surface area (Å²) in [5, 5.41) is 9.97. The van der Waals surface area contributed by atoms with Crippen LogP contribution in [0.25, 0.3) is 22.4 Å². The molecule has 0 fully saturated rings. The molecular weight excluding hydrogens is 462 g/mol. The topological polar surface area (TPSA) is 118 Å². The fraction of sp³-hybridized carbons (Fsp3) is 0.320. The summed E-state index contributed by atoms with van der Waals surface area (Å²) in [5.74, 6) is 0.590. The van der Waals surface area contributed by atoms with E-state index in [-0.39, 0.29) is 17.9 Å². The van der Waals surface area contributed by atoms with Crippen LogP contribution in [0.4, 0.5) is 0 Å². The first-order chi connectivity index (χ1) is 17.0. The number of benzene rings is 1. The van der Waals surface area contributed by atoms with E-state index in [4.69, 9.17) is 0 Å². The molecule has 0 aliphatic heterocycles. The molecule has 0 saturated carbocycles. The normalized spacial score (nSPS) is 11.8. The number of unbranched alkanes of at least 4 members (excludes halogenated alkanes) is 2. The molecule has 0 bridgehead atoms. The number of imidazole rings is 1. The molecule has 1 unspecified atom stereocenters. The number of hydrogen-bond acceptors (Lipinski definition) is 6. The van der Waals surface area contributed by atoms with Gasteiger partial charge in [-0.25, -0.2) is 4.98 Å². The van der Waals surface area contributed by atoms with Gasteiger partial charge in [-0.15, -0.1) is 11.3 Å². The predicted molar refractivity (Wildman–Crippen MR) is 136 cm³/mol. The fourth-order valence-corrected chi connectivity index (χ4v) is 4.37. The highest BCUT2D eigenvalue weighted by atomic mass is 32.1. The lowest BCUT2D eigenvalue weighted by molar-refractivity contribution is -0.120. The Balaban J connectivity index is 1.45. The van der Waals surface area contributed by atoms with Crippen LogP contribution in [0.5, 0.6) is 0 Å². The van der Waals surface area contributed by atoms with Crippen LogP contribution in [-0.2, 0) is 11.8 Å². The van der Waals surface area contributed by atoms with E-state index in [9.17, 15) is 9.59 Å². The molecule has 4 rings (SSSR count). The van der Waals surface area contributed by atoms with Gasteiger partial charge in [0.15, 0.2) is 0 Å². The Morgan fingerprint density at radius 1 is 1.06 bits per heavy atom. The molecule has 0 saturated heterocycles. The third-order valence-electron chi connectivity index (χ3n) is 5.80. The van der Waals surface area contributed by atoms with Gasteiger partial charge in [0, 0.05) is 32.3 Å². The number of carbonyl (C=O) groups excluding carboxylic acids is 2. The molecule has 3 aromatic heterocycles. The first-order valence-corrected chi connectivity index (χ1v) is 12.5. The molecule has 35 heavy (non-hydrogen) atoms.